The second kappa shape index (κ2) is 4.81. The van der Waals surface area contributed by atoms with Gasteiger partial charge in [-0.1, -0.05) is 6.07 Å². The van der Waals surface area contributed by atoms with Gasteiger partial charge in [-0.15, -0.1) is 0 Å². The van der Waals surface area contributed by atoms with Crippen LogP contribution in [0.4, 0.5) is 0 Å². The molecule has 1 saturated carbocycles. The largest absolute Gasteiger partial charge is 0.307 e. The van der Waals surface area contributed by atoms with Crippen LogP contribution < -0.4 is 0 Å². The van der Waals surface area contributed by atoms with Crippen LogP contribution in [0.1, 0.15) is 25.0 Å². The van der Waals surface area contributed by atoms with Gasteiger partial charge in [-0.05, 0) is 31.4 Å². The molecule has 0 bridgehead atoms. The molecule has 112 valence electrons. The van der Waals surface area contributed by atoms with Crippen LogP contribution in [-0.4, -0.2) is 46.3 Å². The monoisotopic (exact) mass is 305 g/mol. The average molecular weight is 305 g/mol. The Balaban J connectivity index is 1.57. The third kappa shape index (κ3) is 2.70. The number of rotatable bonds is 4. The molecule has 0 amide bonds. The van der Waals surface area contributed by atoms with E-state index in [2.05, 4.69) is 9.88 Å². The molecule has 1 aliphatic carbocycles. The number of fused-ring (bicyclic) bond motifs is 1. The summed E-state index contributed by atoms with van der Waals surface area (Å²) in [5.74, 6) is 0.656. The van der Waals surface area contributed by atoms with Crippen molar-refractivity contribution in [3.63, 3.8) is 0 Å². The second-order valence-electron chi connectivity index (χ2n) is 6.16. The summed E-state index contributed by atoms with van der Waals surface area (Å²) in [7, 11) is -2.83. The lowest BCUT2D eigenvalue weighted by atomic mass is 10.2. The van der Waals surface area contributed by atoms with Crippen molar-refractivity contribution in [2.45, 2.75) is 37.9 Å². The zero-order valence-electron chi connectivity index (χ0n) is 11.9. The fourth-order valence-corrected chi connectivity index (χ4v) is 4.99. The molecule has 3 heterocycles. The van der Waals surface area contributed by atoms with Gasteiger partial charge in [0.05, 0.1) is 17.2 Å². The summed E-state index contributed by atoms with van der Waals surface area (Å²) in [6.07, 6.45) is 7.18. The fraction of sp³-hybridized carbons (Fsp3) is 0.533. The maximum atomic E-state index is 11.7. The highest BCUT2D eigenvalue weighted by Gasteiger charge is 2.39. The van der Waals surface area contributed by atoms with Crippen LogP contribution in [0, 0.1) is 0 Å². The lowest BCUT2D eigenvalue weighted by molar-refractivity contribution is 0.191. The van der Waals surface area contributed by atoms with Crippen LogP contribution in [0.3, 0.4) is 0 Å². The Morgan fingerprint density at radius 1 is 1.24 bits per heavy atom. The molecule has 0 spiro atoms. The molecule has 21 heavy (non-hydrogen) atoms. The van der Waals surface area contributed by atoms with E-state index in [1.54, 1.807) is 0 Å². The molecule has 2 aliphatic rings. The van der Waals surface area contributed by atoms with Gasteiger partial charge in [0.25, 0.3) is 0 Å². The molecule has 6 heteroatoms. The molecular weight excluding hydrogens is 286 g/mol. The lowest BCUT2D eigenvalue weighted by Gasteiger charge is -2.27. The molecular formula is C15H19N3O2S. The number of hydrogen-bond acceptors (Lipinski definition) is 4. The number of imidazole rings is 1. The fourth-order valence-electron chi connectivity index (χ4n) is 3.25. The van der Waals surface area contributed by atoms with Gasteiger partial charge in [-0.2, -0.15) is 0 Å². The van der Waals surface area contributed by atoms with Gasteiger partial charge in [0, 0.05) is 31.0 Å². The molecule has 4 rings (SSSR count). The summed E-state index contributed by atoms with van der Waals surface area (Å²) < 4.78 is 25.5. The molecule has 1 saturated heterocycles. The Morgan fingerprint density at radius 2 is 2.10 bits per heavy atom. The first-order valence-electron chi connectivity index (χ1n) is 7.49. The first-order valence-corrected chi connectivity index (χ1v) is 9.32. The van der Waals surface area contributed by atoms with Crippen molar-refractivity contribution in [3.05, 3.63) is 36.3 Å². The Hall–Kier alpha value is -1.40. The van der Waals surface area contributed by atoms with Crippen LogP contribution in [0.25, 0.3) is 5.65 Å². The van der Waals surface area contributed by atoms with Gasteiger partial charge in [0.2, 0.25) is 0 Å². The van der Waals surface area contributed by atoms with Crippen molar-refractivity contribution in [2.24, 2.45) is 0 Å². The number of aromatic nitrogens is 2. The van der Waals surface area contributed by atoms with E-state index >= 15 is 0 Å². The highest BCUT2D eigenvalue weighted by Crippen LogP contribution is 2.33. The predicted molar refractivity (Wildman–Crippen MR) is 80.8 cm³/mol. The Morgan fingerprint density at radius 3 is 2.76 bits per heavy atom. The molecule has 1 aliphatic heterocycles. The number of sulfone groups is 1. The molecule has 2 aromatic rings. The smallest absolute Gasteiger partial charge is 0.151 e. The highest BCUT2D eigenvalue weighted by atomic mass is 32.2. The lowest BCUT2D eigenvalue weighted by Crippen LogP contribution is -2.37. The summed E-state index contributed by atoms with van der Waals surface area (Å²) in [6, 6.07) is 6.68. The predicted octanol–water partition coefficient (Wildman–Crippen LogP) is 1.49. The van der Waals surface area contributed by atoms with E-state index in [1.807, 2.05) is 35.0 Å². The van der Waals surface area contributed by atoms with Crippen LogP contribution in [0.15, 0.2) is 30.6 Å². The van der Waals surface area contributed by atoms with Gasteiger partial charge in [0.1, 0.15) is 5.65 Å². The van der Waals surface area contributed by atoms with E-state index in [0.717, 1.165) is 24.3 Å². The van der Waals surface area contributed by atoms with E-state index < -0.39 is 9.84 Å². The van der Waals surface area contributed by atoms with Crippen molar-refractivity contribution in [1.29, 1.82) is 0 Å². The minimum atomic E-state index is -2.83. The molecule has 5 nitrogen and oxygen atoms in total. The van der Waals surface area contributed by atoms with Crippen LogP contribution >= 0.6 is 0 Å². The Kier molecular flexibility index (Phi) is 3.04. The van der Waals surface area contributed by atoms with Crippen molar-refractivity contribution >= 4 is 15.5 Å². The molecule has 0 unspecified atom stereocenters. The maximum absolute atomic E-state index is 11.7. The van der Waals surface area contributed by atoms with Gasteiger partial charge in [-0.25, -0.2) is 13.4 Å². The number of nitrogens with zero attached hydrogens (tertiary/aromatic N) is 3. The van der Waals surface area contributed by atoms with Crippen LogP contribution in [0.5, 0.6) is 0 Å². The molecule has 0 aromatic carbocycles. The summed E-state index contributed by atoms with van der Waals surface area (Å²) in [5, 5.41) is 0. The van der Waals surface area contributed by atoms with Crippen molar-refractivity contribution in [3.8, 4) is 0 Å². The highest BCUT2D eigenvalue weighted by molar-refractivity contribution is 7.91. The first-order chi connectivity index (χ1) is 10.1. The van der Waals surface area contributed by atoms with E-state index in [9.17, 15) is 8.42 Å². The zero-order valence-corrected chi connectivity index (χ0v) is 12.7. The van der Waals surface area contributed by atoms with E-state index in [1.165, 1.54) is 12.8 Å². The van der Waals surface area contributed by atoms with Gasteiger partial charge >= 0.3 is 0 Å². The van der Waals surface area contributed by atoms with Crippen molar-refractivity contribution in [2.75, 3.05) is 11.5 Å². The molecule has 2 fully saturated rings. The van der Waals surface area contributed by atoms with Crippen LogP contribution in [-0.2, 0) is 16.4 Å². The Bertz CT molecular complexity index is 731. The first kappa shape index (κ1) is 13.3. The van der Waals surface area contributed by atoms with Gasteiger partial charge < -0.3 is 4.40 Å². The standard InChI is InChI=1S/C15H19N3O2S/c19-21(20)8-6-14(11-21)18(13-4-5-13)10-12-9-17-7-2-1-3-15(17)16-12/h1-3,7,9,13-14H,4-6,8,10-11H2/t14-/m1/s1. The number of hydrogen-bond donors (Lipinski definition) is 0. The van der Waals surface area contributed by atoms with E-state index in [0.29, 0.717) is 17.5 Å². The van der Waals surface area contributed by atoms with E-state index in [-0.39, 0.29) is 6.04 Å². The summed E-state index contributed by atoms with van der Waals surface area (Å²) in [4.78, 5) is 7.01. The zero-order chi connectivity index (χ0) is 14.4. The molecule has 1 atom stereocenters. The quantitative estimate of drug-likeness (QED) is 0.859. The minimum absolute atomic E-state index is 0.173. The third-order valence-corrected chi connectivity index (χ3v) is 6.20. The molecule has 2 aromatic heterocycles. The normalized spacial score (nSPS) is 24.9. The molecule has 0 N–H and O–H groups in total. The average Bonchev–Trinajstić information content (AvgIpc) is 3.10. The second-order valence-corrected chi connectivity index (χ2v) is 8.39. The third-order valence-electron chi connectivity index (χ3n) is 4.45. The molecule has 0 radical (unpaired) electrons. The summed E-state index contributed by atoms with van der Waals surface area (Å²) in [6.45, 7) is 0.756. The topological polar surface area (TPSA) is 54.7 Å². The summed E-state index contributed by atoms with van der Waals surface area (Å²) in [5.41, 5.74) is 1.97. The Labute approximate surface area is 124 Å². The van der Waals surface area contributed by atoms with Crippen molar-refractivity contribution in [1.82, 2.24) is 14.3 Å². The summed E-state index contributed by atoms with van der Waals surface area (Å²) >= 11 is 0. The van der Waals surface area contributed by atoms with E-state index in [4.69, 9.17) is 0 Å². The maximum Gasteiger partial charge on any atom is 0.151 e. The van der Waals surface area contributed by atoms with Gasteiger partial charge in [-0.3, -0.25) is 4.90 Å². The van der Waals surface area contributed by atoms with Gasteiger partial charge in [0.15, 0.2) is 9.84 Å². The minimum Gasteiger partial charge on any atom is -0.307 e. The SMILES string of the molecule is O=S1(=O)CC[C@@H](N(Cc2cn3ccccc3n2)C2CC2)C1. The number of pyridine rings is 1. The van der Waals surface area contributed by atoms with Crippen molar-refractivity contribution < 1.29 is 8.42 Å². The van der Waals surface area contributed by atoms with Crippen LogP contribution in [0.2, 0.25) is 0 Å².